The summed E-state index contributed by atoms with van der Waals surface area (Å²) in [6, 6.07) is 9.05. The van der Waals surface area contributed by atoms with Gasteiger partial charge in [-0.05, 0) is 55.0 Å². The van der Waals surface area contributed by atoms with Crippen LogP contribution in [0.3, 0.4) is 0 Å². The average Bonchev–Trinajstić information content (AvgIpc) is 2.77. The molecule has 0 fully saturated rings. The molecule has 2 aromatic carbocycles. The lowest BCUT2D eigenvalue weighted by atomic mass is 9.90. The van der Waals surface area contributed by atoms with Gasteiger partial charge < -0.3 is 4.74 Å². The fourth-order valence-corrected chi connectivity index (χ4v) is 5.25. The van der Waals surface area contributed by atoms with Crippen molar-refractivity contribution in [3.8, 4) is 5.75 Å². The largest absolute Gasteiger partial charge is 0.478 e. The molecule has 3 rings (SSSR count). The molecule has 0 amide bonds. The van der Waals surface area contributed by atoms with Gasteiger partial charge in [0.05, 0.1) is 9.82 Å². The number of nitro groups is 1. The highest BCUT2D eigenvalue weighted by Crippen LogP contribution is 2.31. The molecule has 2 aromatic rings. The lowest BCUT2D eigenvalue weighted by Crippen LogP contribution is -2.30. The monoisotopic (exact) mass is 446 g/mol. The lowest BCUT2D eigenvalue weighted by Gasteiger charge is -2.18. The zero-order valence-corrected chi connectivity index (χ0v) is 18.5. The molecule has 0 atom stereocenters. The number of aryl methyl sites for hydroxylation is 2. The maximum absolute atomic E-state index is 12.7. The molecular formula is C22H26N2O6S. The fourth-order valence-electron chi connectivity index (χ4n) is 3.77. The highest BCUT2D eigenvalue weighted by molar-refractivity contribution is 7.89. The van der Waals surface area contributed by atoms with Gasteiger partial charge in [0.1, 0.15) is 0 Å². The third kappa shape index (κ3) is 4.94. The van der Waals surface area contributed by atoms with E-state index in [1.165, 1.54) is 22.0 Å². The van der Waals surface area contributed by atoms with Crippen molar-refractivity contribution >= 4 is 21.5 Å². The highest BCUT2D eigenvalue weighted by Gasteiger charge is 2.26. The van der Waals surface area contributed by atoms with Crippen LogP contribution in [0.4, 0.5) is 5.69 Å². The predicted octanol–water partition coefficient (Wildman–Crippen LogP) is 3.77. The molecule has 0 heterocycles. The molecule has 31 heavy (non-hydrogen) atoms. The number of carbonyl (C=O) groups is 1. The first-order valence-corrected chi connectivity index (χ1v) is 11.8. The predicted molar refractivity (Wildman–Crippen MR) is 116 cm³/mol. The van der Waals surface area contributed by atoms with E-state index in [9.17, 15) is 23.3 Å². The number of hydrogen-bond acceptors (Lipinski definition) is 6. The molecule has 0 spiro atoms. The van der Waals surface area contributed by atoms with Crippen LogP contribution >= 0.6 is 0 Å². The van der Waals surface area contributed by atoms with Crippen LogP contribution in [-0.2, 0) is 22.9 Å². The van der Waals surface area contributed by atoms with Crippen molar-refractivity contribution in [2.75, 3.05) is 19.7 Å². The second-order valence-corrected chi connectivity index (χ2v) is 9.32. The Balaban J connectivity index is 1.80. The van der Waals surface area contributed by atoms with Crippen molar-refractivity contribution in [2.24, 2.45) is 0 Å². The summed E-state index contributed by atoms with van der Waals surface area (Å²) in [5, 5.41) is 11.5. The van der Waals surface area contributed by atoms with Crippen molar-refractivity contribution in [1.29, 1.82) is 0 Å². The van der Waals surface area contributed by atoms with Gasteiger partial charge in [-0.15, -0.1) is 0 Å². The van der Waals surface area contributed by atoms with E-state index in [-0.39, 0.29) is 36.1 Å². The number of hydrogen-bond donors (Lipinski definition) is 0. The maximum atomic E-state index is 12.7. The number of sulfonamides is 1. The molecule has 0 aromatic heterocycles. The number of ether oxygens (including phenoxy) is 1. The molecule has 0 aliphatic heterocycles. The van der Waals surface area contributed by atoms with E-state index in [1.54, 1.807) is 19.9 Å². The number of nitrogens with zero attached hydrogens (tertiary/aromatic N) is 2. The van der Waals surface area contributed by atoms with Gasteiger partial charge in [-0.3, -0.25) is 14.9 Å². The van der Waals surface area contributed by atoms with E-state index in [0.29, 0.717) is 5.56 Å². The topological polar surface area (TPSA) is 107 Å². The number of carbonyl (C=O) groups excluding carboxylic acids is 1. The smallest absolute Gasteiger partial charge is 0.312 e. The quantitative estimate of drug-likeness (QED) is 0.330. The first-order valence-electron chi connectivity index (χ1n) is 10.3. The van der Waals surface area contributed by atoms with Crippen LogP contribution in [0.1, 0.15) is 48.2 Å². The van der Waals surface area contributed by atoms with E-state index in [2.05, 4.69) is 0 Å². The standard InChI is InChI=1S/C22H26N2O6S/c1-3-23(4-2)31(28,29)19-11-12-22(20(14-19)24(26)27)30-15-21(25)18-10-9-16-7-5-6-8-17(16)13-18/h9-14H,3-8,15H2,1-2H3. The molecule has 0 N–H and O–H groups in total. The Morgan fingerprint density at radius 1 is 1.06 bits per heavy atom. The van der Waals surface area contributed by atoms with Crippen LogP contribution in [0, 0.1) is 10.1 Å². The molecule has 0 bridgehead atoms. The van der Waals surface area contributed by atoms with Crippen LogP contribution < -0.4 is 4.74 Å². The van der Waals surface area contributed by atoms with Crippen molar-refractivity contribution < 1.29 is 22.9 Å². The zero-order chi connectivity index (χ0) is 22.6. The molecule has 8 nitrogen and oxygen atoms in total. The normalized spacial score (nSPS) is 13.6. The summed E-state index contributed by atoms with van der Waals surface area (Å²) >= 11 is 0. The summed E-state index contributed by atoms with van der Waals surface area (Å²) in [6.45, 7) is 3.51. The Morgan fingerprint density at radius 3 is 2.39 bits per heavy atom. The molecule has 0 saturated heterocycles. The summed E-state index contributed by atoms with van der Waals surface area (Å²) in [7, 11) is -3.85. The average molecular weight is 447 g/mol. The first-order chi connectivity index (χ1) is 14.8. The number of nitro benzene ring substituents is 1. The van der Waals surface area contributed by atoms with E-state index in [0.717, 1.165) is 37.3 Å². The first kappa shape index (κ1) is 22.9. The van der Waals surface area contributed by atoms with Crippen molar-refractivity contribution in [1.82, 2.24) is 4.31 Å². The minimum Gasteiger partial charge on any atom is -0.478 e. The van der Waals surface area contributed by atoms with E-state index in [4.69, 9.17) is 4.74 Å². The summed E-state index contributed by atoms with van der Waals surface area (Å²) in [6.07, 6.45) is 4.18. The molecule has 9 heteroatoms. The van der Waals surface area contributed by atoms with Gasteiger partial charge in [-0.25, -0.2) is 8.42 Å². The Labute approximate surface area is 182 Å². The van der Waals surface area contributed by atoms with E-state index in [1.807, 2.05) is 12.1 Å². The fraction of sp³-hybridized carbons (Fsp3) is 0.409. The van der Waals surface area contributed by atoms with Crippen LogP contribution in [-0.4, -0.2) is 43.1 Å². The summed E-state index contributed by atoms with van der Waals surface area (Å²) in [4.78, 5) is 23.2. The minimum atomic E-state index is -3.85. The highest BCUT2D eigenvalue weighted by atomic mass is 32.2. The molecule has 0 unspecified atom stereocenters. The van der Waals surface area contributed by atoms with Gasteiger partial charge in [0.2, 0.25) is 10.0 Å². The Hall–Kier alpha value is -2.78. The Bertz CT molecular complexity index is 1090. The van der Waals surface area contributed by atoms with Crippen LogP contribution in [0.5, 0.6) is 5.75 Å². The number of Topliss-reactive ketones (excluding diaryl/α,β-unsaturated/α-hetero) is 1. The van der Waals surface area contributed by atoms with Gasteiger partial charge in [-0.1, -0.05) is 26.0 Å². The third-order valence-electron chi connectivity index (χ3n) is 5.50. The van der Waals surface area contributed by atoms with Crippen LogP contribution in [0.15, 0.2) is 41.3 Å². The van der Waals surface area contributed by atoms with Gasteiger partial charge in [0, 0.05) is 24.7 Å². The maximum Gasteiger partial charge on any atom is 0.312 e. The molecule has 1 aliphatic rings. The third-order valence-corrected chi connectivity index (χ3v) is 7.55. The van der Waals surface area contributed by atoms with Gasteiger partial charge in [0.25, 0.3) is 0 Å². The Morgan fingerprint density at radius 2 is 1.74 bits per heavy atom. The van der Waals surface area contributed by atoms with Gasteiger partial charge in [-0.2, -0.15) is 4.31 Å². The zero-order valence-electron chi connectivity index (χ0n) is 17.7. The van der Waals surface area contributed by atoms with Crippen LogP contribution in [0.25, 0.3) is 0 Å². The number of rotatable bonds is 9. The number of fused-ring (bicyclic) bond motifs is 1. The van der Waals surface area contributed by atoms with Crippen molar-refractivity contribution in [3.05, 3.63) is 63.2 Å². The molecule has 1 aliphatic carbocycles. The molecule has 166 valence electrons. The molecule has 0 radical (unpaired) electrons. The number of benzene rings is 2. The van der Waals surface area contributed by atoms with Crippen molar-refractivity contribution in [3.63, 3.8) is 0 Å². The van der Waals surface area contributed by atoms with Gasteiger partial charge in [0.15, 0.2) is 18.1 Å². The Kier molecular flexibility index (Phi) is 7.07. The summed E-state index contributed by atoms with van der Waals surface area (Å²) < 4.78 is 32.0. The molecule has 0 saturated carbocycles. The van der Waals surface area contributed by atoms with Crippen LogP contribution in [0.2, 0.25) is 0 Å². The summed E-state index contributed by atoms with van der Waals surface area (Å²) in [5.74, 6) is -0.433. The van der Waals surface area contributed by atoms with E-state index >= 15 is 0 Å². The second kappa shape index (κ2) is 9.57. The lowest BCUT2D eigenvalue weighted by molar-refractivity contribution is -0.386. The second-order valence-electron chi connectivity index (χ2n) is 7.38. The SMILES string of the molecule is CCN(CC)S(=O)(=O)c1ccc(OCC(=O)c2ccc3c(c2)CCCC3)c([N+](=O)[O-])c1. The van der Waals surface area contributed by atoms with Crippen molar-refractivity contribution in [2.45, 2.75) is 44.4 Å². The van der Waals surface area contributed by atoms with E-state index < -0.39 is 20.6 Å². The minimum absolute atomic E-state index is 0.144. The molecular weight excluding hydrogens is 420 g/mol. The summed E-state index contributed by atoms with van der Waals surface area (Å²) in [5.41, 5.74) is 2.42. The number of ketones is 1. The van der Waals surface area contributed by atoms with Gasteiger partial charge >= 0.3 is 5.69 Å².